The van der Waals surface area contributed by atoms with Crippen LogP contribution in [0.1, 0.15) is 11.1 Å². The van der Waals surface area contributed by atoms with Crippen LogP contribution in [0.4, 0.5) is 10.1 Å². The Morgan fingerprint density at radius 3 is 2.52 bits per heavy atom. The van der Waals surface area contributed by atoms with Crippen LogP contribution in [0, 0.1) is 12.7 Å². The molecule has 0 saturated carbocycles. The van der Waals surface area contributed by atoms with E-state index in [-0.39, 0.29) is 17.3 Å². The van der Waals surface area contributed by atoms with Gasteiger partial charge in [-0.05, 0) is 42.3 Å². The van der Waals surface area contributed by atoms with Gasteiger partial charge >= 0.3 is 0 Å². The highest BCUT2D eigenvalue weighted by atomic mass is 32.2. The van der Waals surface area contributed by atoms with E-state index in [0.29, 0.717) is 32.0 Å². The quantitative estimate of drug-likeness (QED) is 0.764. The van der Waals surface area contributed by atoms with Crippen molar-refractivity contribution < 1.29 is 22.3 Å². The van der Waals surface area contributed by atoms with E-state index in [1.54, 1.807) is 24.3 Å². The normalized spacial score (nSPS) is 18.2. The Morgan fingerprint density at radius 2 is 1.83 bits per heavy atom. The molecule has 4 rings (SSSR count). The van der Waals surface area contributed by atoms with Gasteiger partial charge in [-0.3, -0.25) is 9.80 Å². The molecule has 1 amide bonds. The summed E-state index contributed by atoms with van der Waals surface area (Å²) in [6, 6.07) is 10.8. The number of carbonyl (C=O) groups excluding carboxylic acids is 1. The van der Waals surface area contributed by atoms with Gasteiger partial charge in [0.1, 0.15) is 5.82 Å². The summed E-state index contributed by atoms with van der Waals surface area (Å²) in [6.07, 6.45) is 0. The number of sulfone groups is 1. The van der Waals surface area contributed by atoms with Crippen molar-refractivity contribution >= 4 is 26.5 Å². The van der Waals surface area contributed by atoms with Crippen molar-refractivity contribution in [2.24, 2.45) is 5.10 Å². The Bertz CT molecular complexity index is 1080. The second kappa shape index (κ2) is 7.57. The molecule has 0 spiro atoms. The first kappa shape index (κ1) is 19.5. The van der Waals surface area contributed by atoms with Crippen LogP contribution in [0.3, 0.4) is 0 Å². The van der Waals surface area contributed by atoms with Crippen molar-refractivity contribution in [1.82, 2.24) is 4.90 Å². The number of fused-ring (bicyclic) bond motifs is 1. The summed E-state index contributed by atoms with van der Waals surface area (Å²) in [7, 11) is -4.06. The number of rotatable bonds is 3. The molecule has 152 valence electrons. The van der Waals surface area contributed by atoms with Crippen molar-refractivity contribution in [3.63, 3.8) is 0 Å². The number of carbonyl (C=O) groups is 1. The lowest BCUT2D eigenvalue weighted by Crippen LogP contribution is -2.47. The molecule has 2 heterocycles. The zero-order chi connectivity index (χ0) is 20.6. The zero-order valence-electron chi connectivity index (χ0n) is 15.8. The molecule has 0 unspecified atom stereocenters. The Hall–Kier alpha value is -2.78. The molecule has 0 aliphatic carbocycles. The summed E-state index contributed by atoms with van der Waals surface area (Å²) in [5.41, 5.74) is 1.99. The van der Waals surface area contributed by atoms with E-state index in [1.165, 1.54) is 28.1 Å². The van der Waals surface area contributed by atoms with E-state index in [2.05, 4.69) is 5.10 Å². The smallest absolute Gasteiger partial charge is 0.286 e. The minimum atomic E-state index is -4.06. The molecule has 29 heavy (non-hydrogen) atoms. The summed E-state index contributed by atoms with van der Waals surface area (Å²) in [5, 5.41) is 5.23. The first-order chi connectivity index (χ1) is 13.9. The Kier molecular flexibility index (Phi) is 5.10. The molecular formula is C20H20FN3O4S. The van der Waals surface area contributed by atoms with Crippen LogP contribution in [0.25, 0.3) is 0 Å². The first-order valence-corrected chi connectivity index (χ1v) is 10.7. The van der Waals surface area contributed by atoms with Crippen LogP contribution in [-0.4, -0.2) is 50.6 Å². The fraction of sp³-hybridized carbons (Fsp3) is 0.300. The van der Waals surface area contributed by atoms with Gasteiger partial charge in [0, 0.05) is 13.1 Å². The number of hydrazone groups is 1. The number of amides is 1. The van der Waals surface area contributed by atoms with Gasteiger partial charge < -0.3 is 9.64 Å². The lowest BCUT2D eigenvalue weighted by atomic mass is 10.2. The molecule has 0 radical (unpaired) electrons. The maximum absolute atomic E-state index is 13.3. The van der Waals surface area contributed by atoms with Crippen LogP contribution >= 0.6 is 0 Å². The summed E-state index contributed by atoms with van der Waals surface area (Å²) < 4.78 is 44.8. The van der Waals surface area contributed by atoms with Crippen molar-refractivity contribution in [2.75, 3.05) is 31.3 Å². The minimum Gasteiger partial charge on any atom is -0.378 e. The molecule has 0 atom stereocenters. The molecule has 2 aliphatic heterocycles. The number of benzene rings is 2. The molecule has 0 N–H and O–H groups in total. The van der Waals surface area contributed by atoms with Crippen molar-refractivity contribution in [3.8, 4) is 0 Å². The van der Waals surface area contributed by atoms with E-state index in [0.717, 1.165) is 11.1 Å². The molecular weight excluding hydrogens is 397 g/mol. The van der Waals surface area contributed by atoms with Crippen LogP contribution in [0.15, 0.2) is 52.5 Å². The Morgan fingerprint density at radius 1 is 1.14 bits per heavy atom. The van der Waals surface area contributed by atoms with Gasteiger partial charge in [0.15, 0.2) is 0 Å². The molecule has 2 aromatic carbocycles. The van der Waals surface area contributed by atoms with Crippen LogP contribution in [-0.2, 0) is 25.9 Å². The highest BCUT2D eigenvalue weighted by molar-refractivity contribution is 8.08. The lowest BCUT2D eigenvalue weighted by Gasteiger charge is -2.31. The second-order valence-corrected chi connectivity index (χ2v) is 8.80. The number of morpholine rings is 1. The Labute approximate surface area is 168 Å². The van der Waals surface area contributed by atoms with Crippen molar-refractivity contribution in [1.29, 1.82) is 0 Å². The summed E-state index contributed by atoms with van der Waals surface area (Å²) in [5.74, 6) is -0.999. The van der Waals surface area contributed by atoms with E-state index < -0.39 is 20.8 Å². The number of hydrogen-bond donors (Lipinski definition) is 0. The topological polar surface area (TPSA) is 79.3 Å². The monoisotopic (exact) mass is 417 g/mol. The molecule has 9 heteroatoms. The molecule has 0 bridgehead atoms. The molecule has 1 saturated heterocycles. The van der Waals surface area contributed by atoms with Gasteiger partial charge in [-0.25, -0.2) is 12.8 Å². The molecule has 0 aromatic heterocycles. The lowest BCUT2D eigenvalue weighted by molar-refractivity contribution is -0.127. The molecule has 7 nitrogen and oxygen atoms in total. The van der Waals surface area contributed by atoms with Crippen molar-refractivity contribution in [2.45, 2.75) is 18.4 Å². The number of halogens is 1. The number of hydrogen-bond acceptors (Lipinski definition) is 6. The van der Waals surface area contributed by atoms with Crippen LogP contribution in [0.2, 0.25) is 0 Å². The standard InChI is InChI=1S/C20H20FN3O4S/c1-14-2-7-18-17(12-14)24(13-15-3-5-16(21)6-4-15)22-19(29(18,26)27)20(25)23-8-10-28-11-9-23/h2-7,12H,8-11,13H2,1H3. The third-order valence-corrected chi connectivity index (χ3v) is 6.56. The van der Waals surface area contributed by atoms with Gasteiger partial charge in [-0.15, -0.1) is 0 Å². The molecule has 1 fully saturated rings. The number of anilines is 1. The van der Waals surface area contributed by atoms with Crippen LogP contribution in [0.5, 0.6) is 0 Å². The summed E-state index contributed by atoms with van der Waals surface area (Å²) >= 11 is 0. The maximum Gasteiger partial charge on any atom is 0.286 e. The maximum atomic E-state index is 13.3. The van der Waals surface area contributed by atoms with E-state index >= 15 is 0 Å². The second-order valence-electron chi connectivity index (χ2n) is 6.97. The number of aryl methyl sites for hydroxylation is 1. The highest BCUT2D eigenvalue weighted by Gasteiger charge is 2.39. The first-order valence-electron chi connectivity index (χ1n) is 9.19. The fourth-order valence-corrected chi connectivity index (χ4v) is 4.78. The largest absolute Gasteiger partial charge is 0.378 e. The zero-order valence-corrected chi connectivity index (χ0v) is 16.7. The third kappa shape index (κ3) is 3.75. The number of ether oxygens (including phenoxy) is 1. The Balaban J connectivity index is 1.77. The fourth-order valence-electron chi connectivity index (χ4n) is 3.32. The van der Waals surface area contributed by atoms with E-state index in [4.69, 9.17) is 4.74 Å². The van der Waals surface area contributed by atoms with E-state index in [9.17, 15) is 17.6 Å². The summed E-state index contributed by atoms with van der Waals surface area (Å²) in [6.45, 7) is 3.38. The summed E-state index contributed by atoms with van der Waals surface area (Å²) in [4.78, 5) is 14.5. The van der Waals surface area contributed by atoms with Crippen molar-refractivity contribution in [3.05, 3.63) is 59.4 Å². The highest BCUT2D eigenvalue weighted by Crippen LogP contribution is 2.34. The van der Waals surface area contributed by atoms with Gasteiger partial charge in [0.05, 0.1) is 30.3 Å². The molecule has 2 aromatic rings. The van der Waals surface area contributed by atoms with Gasteiger partial charge in [0.25, 0.3) is 5.91 Å². The third-order valence-electron chi connectivity index (χ3n) is 4.87. The average molecular weight is 417 g/mol. The number of nitrogens with zero attached hydrogens (tertiary/aromatic N) is 3. The molecule has 2 aliphatic rings. The van der Waals surface area contributed by atoms with Gasteiger partial charge in [-0.2, -0.15) is 5.10 Å². The minimum absolute atomic E-state index is 0.0387. The predicted octanol–water partition coefficient (Wildman–Crippen LogP) is 2.10. The van der Waals surface area contributed by atoms with Gasteiger partial charge in [0.2, 0.25) is 14.9 Å². The predicted molar refractivity (Wildman–Crippen MR) is 106 cm³/mol. The van der Waals surface area contributed by atoms with Crippen LogP contribution < -0.4 is 5.01 Å². The SMILES string of the molecule is Cc1ccc2c(c1)N(Cc1ccc(F)cc1)N=C(C(=O)N1CCOCC1)S2(=O)=O. The van der Waals surface area contributed by atoms with E-state index in [1.807, 2.05) is 6.92 Å². The van der Waals surface area contributed by atoms with Gasteiger partial charge in [-0.1, -0.05) is 18.2 Å². The average Bonchev–Trinajstić information content (AvgIpc) is 2.71.